The van der Waals surface area contributed by atoms with Gasteiger partial charge in [0.05, 0.1) is 12.5 Å². The zero-order chi connectivity index (χ0) is 25.6. The van der Waals surface area contributed by atoms with Crippen molar-refractivity contribution >= 4 is 5.91 Å². The molecule has 9 heteroatoms. The number of carbonyl (C=O) groups is 1. The highest BCUT2D eigenvalue weighted by atomic mass is 16.7. The van der Waals surface area contributed by atoms with Gasteiger partial charge in [-0.15, -0.1) is 0 Å². The maximum Gasteiger partial charge on any atom is 0.223 e. The van der Waals surface area contributed by atoms with Gasteiger partial charge >= 0.3 is 0 Å². The van der Waals surface area contributed by atoms with Crippen LogP contribution in [0.5, 0.6) is 0 Å². The number of amides is 1. The molecule has 0 bridgehead atoms. The molecule has 2 aliphatic heterocycles. The summed E-state index contributed by atoms with van der Waals surface area (Å²) >= 11 is 0. The first kappa shape index (κ1) is 25.2. The predicted molar refractivity (Wildman–Crippen MR) is 137 cm³/mol. The molecule has 1 unspecified atom stereocenters. The van der Waals surface area contributed by atoms with Crippen LogP contribution in [0.3, 0.4) is 0 Å². The Morgan fingerprint density at radius 1 is 1.27 bits per heavy atom. The van der Waals surface area contributed by atoms with Crippen LogP contribution in [-0.2, 0) is 20.8 Å². The van der Waals surface area contributed by atoms with E-state index in [2.05, 4.69) is 26.9 Å². The molecule has 5 rings (SSSR count). The third-order valence-electron chi connectivity index (χ3n) is 6.81. The van der Waals surface area contributed by atoms with Gasteiger partial charge in [-0.25, -0.2) is 4.98 Å². The van der Waals surface area contributed by atoms with Gasteiger partial charge in [-0.05, 0) is 50.5 Å². The van der Waals surface area contributed by atoms with Crippen LogP contribution in [-0.4, -0.2) is 58.0 Å². The van der Waals surface area contributed by atoms with Crippen molar-refractivity contribution in [2.45, 2.75) is 51.5 Å². The Kier molecular flexibility index (Phi) is 7.99. The van der Waals surface area contributed by atoms with Gasteiger partial charge in [0.2, 0.25) is 5.91 Å². The zero-order valence-electron chi connectivity index (χ0n) is 21.1. The topological polar surface area (TPSA) is 109 Å². The molecule has 4 heterocycles. The van der Waals surface area contributed by atoms with Gasteiger partial charge in [-0.2, -0.15) is 0 Å². The minimum absolute atomic E-state index is 0.00183. The molecule has 1 amide bonds. The highest BCUT2D eigenvalue weighted by Gasteiger charge is 2.30. The summed E-state index contributed by atoms with van der Waals surface area (Å²) in [6.45, 7) is 5.64. The van der Waals surface area contributed by atoms with Crippen molar-refractivity contribution < 1.29 is 18.8 Å². The summed E-state index contributed by atoms with van der Waals surface area (Å²) in [5.74, 6) is 7.73. The maximum absolute atomic E-state index is 11.1. The monoisotopic (exact) mass is 503 g/mol. The van der Waals surface area contributed by atoms with Crippen molar-refractivity contribution in [3.63, 3.8) is 0 Å². The third-order valence-corrected chi connectivity index (χ3v) is 6.81. The summed E-state index contributed by atoms with van der Waals surface area (Å²) < 4.78 is 19.4. The molecule has 0 saturated carbocycles. The van der Waals surface area contributed by atoms with Crippen LogP contribution in [0.25, 0.3) is 11.3 Å². The lowest BCUT2D eigenvalue weighted by molar-refractivity contribution is -0.188. The highest BCUT2D eigenvalue weighted by Crippen LogP contribution is 2.25. The normalized spacial score (nSPS) is 19.1. The van der Waals surface area contributed by atoms with Gasteiger partial charge in [0.25, 0.3) is 0 Å². The minimum Gasteiger partial charge on any atom is -0.369 e. The van der Waals surface area contributed by atoms with E-state index in [1.807, 2.05) is 48.0 Å². The quantitative estimate of drug-likeness (QED) is 0.446. The lowest BCUT2D eigenvalue weighted by atomic mass is 9.99. The Balaban J connectivity index is 1.13. The third kappa shape index (κ3) is 6.46. The Morgan fingerprint density at radius 3 is 2.86 bits per heavy atom. The molecular formula is C28H33N5O4. The molecule has 1 aromatic carbocycles. The summed E-state index contributed by atoms with van der Waals surface area (Å²) in [5.41, 5.74) is 8.00. The second-order valence-corrected chi connectivity index (χ2v) is 9.66. The van der Waals surface area contributed by atoms with E-state index in [0.717, 1.165) is 74.6 Å². The van der Waals surface area contributed by atoms with Gasteiger partial charge in [-0.1, -0.05) is 17.0 Å². The minimum atomic E-state index is -0.211. The lowest BCUT2D eigenvalue weighted by Gasteiger charge is -2.36. The van der Waals surface area contributed by atoms with Crippen molar-refractivity contribution in [2.75, 3.05) is 26.2 Å². The van der Waals surface area contributed by atoms with E-state index in [0.29, 0.717) is 12.3 Å². The Labute approximate surface area is 216 Å². The molecular weight excluding hydrogens is 470 g/mol. The number of ether oxygens (including phenoxy) is 2. The zero-order valence-corrected chi connectivity index (χ0v) is 21.1. The van der Waals surface area contributed by atoms with E-state index in [1.165, 1.54) is 0 Å². The highest BCUT2D eigenvalue weighted by molar-refractivity contribution is 5.78. The second kappa shape index (κ2) is 11.7. The van der Waals surface area contributed by atoms with Gasteiger partial charge in [0.15, 0.2) is 12.1 Å². The van der Waals surface area contributed by atoms with Gasteiger partial charge < -0.3 is 29.2 Å². The van der Waals surface area contributed by atoms with Crippen LogP contribution in [0.4, 0.5) is 0 Å². The molecule has 2 saturated heterocycles. The number of imidazole rings is 1. The first-order valence-electron chi connectivity index (χ1n) is 12.9. The van der Waals surface area contributed by atoms with E-state index < -0.39 is 0 Å². The second-order valence-electron chi connectivity index (χ2n) is 9.66. The molecule has 2 N–H and O–H groups in total. The molecule has 9 nitrogen and oxygen atoms in total. The molecule has 37 heavy (non-hydrogen) atoms. The number of carbonyl (C=O) groups excluding carboxylic acids is 1. The number of benzene rings is 1. The van der Waals surface area contributed by atoms with E-state index in [9.17, 15) is 4.79 Å². The van der Waals surface area contributed by atoms with Crippen LogP contribution in [0, 0.1) is 17.8 Å². The van der Waals surface area contributed by atoms with Crippen LogP contribution >= 0.6 is 0 Å². The lowest BCUT2D eigenvalue weighted by Crippen LogP contribution is -2.52. The maximum atomic E-state index is 11.1. The number of nitrogens with zero attached hydrogens (tertiary/aromatic N) is 4. The first-order chi connectivity index (χ1) is 18.0. The average molecular weight is 504 g/mol. The van der Waals surface area contributed by atoms with Crippen LogP contribution in [0.15, 0.2) is 47.2 Å². The predicted octanol–water partition coefficient (Wildman–Crippen LogP) is 3.35. The Morgan fingerprint density at radius 2 is 2.11 bits per heavy atom. The summed E-state index contributed by atoms with van der Waals surface area (Å²) in [4.78, 5) is 17.8. The standard InChI is InChI=1S/C28H33N5O4/c1-20(36-26-7-3-5-15-35-26)28-30-12-14-33(28)19-24-16-25(37-31-24)22-10-8-21(9-11-22)6-2-4-13-32-17-23(18-32)27(29)34/h8-12,14,16,20,23,26H,3-5,7,13,15,17-19H2,1H3,(H2,29,34)/t20-,26?/m0/s1. The fourth-order valence-electron chi connectivity index (χ4n) is 4.65. The summed E-state index contributed by atoms with van der Waals surface area (Å²) in [6, 6.07) is 9.90. The molecule has 0 radical (unpaired) electrons. The summed E-state index contributed by atoms with van der Waals surface area (Å²) in [5, 5.41) is 4.26. The van der Waals surface area contributed by atoms with E-state index in [1.54, 1.807) is 6.20 Å². The molecule has 2 aromatic heterocycles. The van der Waals surface area contributed by atoms with Crippen LogP contribution in [0.2, 0.25) is 0 Å². The molecule has 2 atom stereocenters. The van der Waals surface area contributed by atoms with Crippen molar-refractivity contribution in [3.8, 4) is 23.2 Å². The number of likely N-dealkylation sites (tertiary alicyclic amines) is 1. The molecule has 194 valence electrons. The fourth-order valence-corrected chi connectivity index (χ4v) is 4.65. The number of rotatable bonds is 9. The van der Waals surface area contributed by atoms with E-state index in [4.69, 9.17) is 19.7 Å². The number of nitrogens with two attached hydrogens (primary N) is 1. The van der Waals surface area contributed by atoms with Gasteiger partial charge in [0, 0.05) is 62.2 Å². The van der Waals surface area contributed by atoms with Gasteiger partial charge in [0.1, 0.15) is 17.6 Å². The molecule has 3 aromatic rings. The molecule has 2 fully saturated rings. The van der Waals surface area contributed by atoms with Gasteiger partial charge in [-0.3, -0.25) is 4.79 Å². The summed E-state index contributed by atoms with van der Waals surface area (Å²) in [6.07, 6.45) is 7.24. The van der Waals surface area contributed by atoms with E-state index in [-0.39, 0.29) is 24.2 Å². The number of primary amides is 1. The first-order valence-corrected chi connectivity index (χ1v) is 12.9. The molecule has 0 spiro atoms. The molecule has 2 aliphatic rings. The number of hydrogen-bond acceptors (Lipinski definition) is 7. The SMILES string of the molecule is C[C@H](OC1CCCCO1)c1nccn1Cc1cc(-c2ccc(C#CCCN3CC(C(N)=O)C3)cc2)on1. The average Bonchev–Trinajstić information content (AvgIpc) is 3.54. The Hall–Kier alpha value is -3.45. The number of aromatic nitrogens is 3. The van der Waals surface area contributed by atoms with E-state index >= 15 is 0 Å². The van der Waals surface area contributed by atoms with Crippen molar-refractivity contribution in [1.29, 1.82) is 0 Å². The van der Waals surface area contributed by atoms with Crippen molar-refractivity contribution in [3.05, 3.63) is 59.8 Å². The van der Waals surface area contributed by atoms with Crippen LogP contribution < -0.4 is 5.73 Å². The Bertz CT molecular complexity index is 1240. The van der Waals surface area contributed by atoms with Crippen LogP contribution in [0.1, 0.15) is 55.8 Å². The largest absolute Gasteiger partial charge is 0.369 e. The smallest absolute Gasteiger partial charge is 0.223 e. The number of hydrogen-bond donors (Lipinski definition) is 1. The van der Waals surface area contributed by atoms with Crippen molar-refractivity contribution in [1.82, 2.24) is 19.6 Å². The summed E-state index contributed by atoms with van der Waals surface area (Å²) in [7, 11) is 0. The van der Waals surface area contributed by atoms with Crippen molar-refractivity contribution in [2.24, 2.45) is 11.7 Å². The molecule has 0 aliphatic carbocycles. The fraction of sp³-hybridized carbons (Fsp3) is 0.464.